The zero-order valence-corrected chi connectivity index (χ0v) is 18.5. The van der Waals surface area contributed by atoms with Gasteiger partial charge in [0.2, 0.25) is 11.8 Å². The Bertz CT molecular complexity index is 795. The largest absolute Gasteiger partial charge is 0.436 e. The van der Waals surface area contributed by atoms with Gasteiger partial charge in [-0.25, -0.2) is 4.79 Å². The van der Waals surface area contributed by atoms with E-state index in [2.05, 4.69) is 22.8 Å². The lowest BCUT2D eigenvalue weighted by Crippen LogP contribution is -2.58. The van der Waals surface area contributed by atoms with Gasteiger partial charge >= 0.3 is 6.09 Å². The van der Waals surface area contributed by atoms with Crippen molar-refractivity contribution >= 4 is 23.8 Å². The van der Waals surface area contributed by atoms with Crippen LogP contribution < -0.4 is 16.4 Å². The molecule has 0 bridgehead atoms. The summed E-state index contributed by atoms with van der Waals surface area (Å²) in [6.45, 7) is 0.417. The maximum atomic E-state index is 13.3. The highest BCUT2D eigenvalue weighted by atomic mass is 16.6. The van der Waals surface area contributed by atoms with Gasteiger partial charge in [0.25, 0.3) is 5.91 Å². The molecule has 2 heterocycles. The lowest BCUT2D eigenvalue weighted by Gasteiger charge is -2.31. The molecule has 4 aliphatic rings. The fourth-order valence-corrected chi connectivity index (χ4v) is 5.04. The molecule has 176 valence electrons. The number of primary amides is 1. The summed E-state index contributed by atoms with van der Waals surface area (Å²) < 4.78 is 5.12. The van der Waals surface area contributed by atoms with Crippen molar-refractivity contribution in [1.82, 2.24) is 15.5 Å². The van der Waals surface area contributed by atoms with Crippen molar-refractivity contribution in [2.45, 2.75) is 94.4 Å². The van der Waals surface area contributed by atoms with Crippen LogP contribution in [0.15, 0.2) is 12.2 Å². The number of carbonyl (C=O) groups excluding carboxylic acids is 4. The second-order valence-electron chi connectivity index (χ2n) is 9.55. The molecule has 2 saturated carbocycles. The minimum Gasteiger partial charge on any atom is -0.436 e. The molecule has 0 aromatic heterocycles. The minimum atomic E-state index is -0.989. The standard InChI is InChI=1S/C23H34N4O5/c24-22(31)32-18-12-5-3-1-2-4-8-15-14-23(15,21(30)25-16-9-6-10-16)26-19(28)17-11-7-13-27(17)20(18)29/h4,8,15-18H,1-3,5-7,9-14H2,(H2,24,31)(H,25,30)(H,26,28)/b8-4+. The van der Waals surface area contributed by atoms with E-state index < -0.39 is 23.8 Å². The number of fused-ring (bicyclic) bond motifs is 2. The maximum Gasteiger partial charge on any atom is 0.405 e. The monoisotopic (exact) mass is 446 g/mol. The average molecular weight is 447 g/mol. The summed E-state index contributed by atoms with van der Waals surface area (Å²) in [6.07, 6.45) is 10.8. The molecular weight excluding hydrogens is 412 g/mol. The van der Waals surface area contributed by atoms with E-state index in [0.29, 0.717) is 32.2 Å². The summed E-state index contributed by atoms with van der Waals surface area (Å²) in [6, 6.07) is -0.489. The first-order valence-electron chi connectivity index (χ1n) is 12.0. The van der Waals surface area contributed by atoms with E-state index in [1.165, 1.54) is 4.90 Å². The molecule has 4 amide bonds. The summed E-state index contributed by atoms with van der Waals surface area (Å²) >= 11 is 0. The zero-order valence-electron chi connectivity index (χ0n) is 18.5. The predicted octanol–water partition coefficient (Wildman–Crippen LogP) is 1.51. The van der Waals surface area contributed by atoms with E-state index in [1.54, 1.807) is 0 Å². The van der Waals surface area contributed by atoms with E-state index in [4.69, 9.17) is 10.5 Å². The molecule has 1 saturated heterocycles. The van der Waals surface area contributed by atoms with Crippen molar-refractivity contribution in [1.29, 1.82) is 0 Å². The minimum absolute atomic E-state index is 0.0341. The van der Waals surface area contributed by atoms with Crippen molar-refractivity contribution in [2.24, 2.45) is 11.7 Å². The van der Waals surface area contributed by atoms with Crippen molar-refractivity contribution in [2.75, 3.05) is 6.54 Å². The second-order valence-corrected chi connectivity index (χ2v) is 9.55. The van der Waals surface area contributed by atoms with Gasteiger partial charge in [0.1, 0.15) is 11.6 Å². The lowest BCUT2D eigenvalue weighted by molar-refractivity contribution is -0.146. The van der Waals surface area contributed by atoms with Crippen LogP contribution in [0.1, 0.15) is 70.6 Å². The highest BCUT2D eigenvalue weighted by Gasteiger charge is 2.61. The predicted molar refractivity (Wildman–Crippen MR) is 116 cm³/mol. The number of nitrogens with zero attached hydrogens (tertiary/aromatic N) is 1. The van der Waals surface area contributed by atoms with E-state index in [0.717, 1.165) is 44.9 Å². The lowest BCUT2D eigenvalue weighted by atomic mass is 9.92. The Balaban J connectivity index is 1.54. The van der Waals surface area contributed by atoms with Gasteiger partial charge < -0.3 is 26.0 Å². The van der Waals surface area contributed by atoms with Crippen LogP contribution in [-0.2, 0) is 19.1 Å². The molecule has 4 unspecified atom stereocenters. The van der Waals surface area contributed by atoms with Crippen LogP contribution in [0.4, 0.5) is 4.79 Å². The van der Waals surface area contributed by atoms with Crippen LogP contribution in [0.5, 0.6) is 0 Å². The quantitative estimate of drug-likeness (QED) is 0.566. The van der Waals surface area contributed by atoms with E-state index >= 15 is 0 Å². The van der Waals surface area contributed by atoms with Crippen LogP contribution in [0.2, 0.25) is 0 Å². The molecule has 4 atom stereocenters. The highest BCUT2D eigenvalue weighted by Crippen LogP contribution is 2.46. The van der Waals surface area contributed by atoms with Gasteiger partial charge in [-0.1, -0.05) is 18.6 Å². The molecule has 2 aliphatic heterocycles. The molecular formula is C23H34N4O5. The zero-order chi connectivity index (χ0) is 22.7. The van der Waals surface area contributed by atoms with Crippen LogP contribution >= 0.6 is 0 Å². The van der Waals surface area contributed by atoms with Crippen molar-refractivity contribution in [3.8, 4) is 0 Å². The topological polar surface area (TPSA) is 131 Å². The third-order valence-electron chi connectivity index (χ3n) is 7.28. The van der Waals surface area contributed by atoms with E-state index in [9.17, 15) is 19.2 Å². The highest BCUT2D eigenvalue weighted by molar-refractivity contribution is 5.98. The maximum absolute atomic E-state index is 13.3. The van der Waals surface area contributed by atoms with Gasteiger partial charge in [-0.05, 0) is 64.2 Å². The second kappa shape index (κ2) is 9.50. The number of carbonyl (C=O) groups is 4. The van der Waals surface area contributed by atoms with Gasteiger partial charge in [0.05, 0.1) is 0 Å². The van der Waals surface area contributed by atoms with Gasteiger partial charge in [-0.3, -0.25) is 14.4 Å². The fourth-order valence-electron chi connectivity index (χ4n) is 5.04. The number of nitrogens with one attached hydrogen (secondary N) is 2. The Morgan fingerprint density at radius 3 is 2.62 bits per heavy atom. The first-order chi connectivity index (χ1) is 15.4. The smallest absolute Gasteiger partial charge is 0.405 e. The molecule has 3 fully saturated rings. The molecule has 0 aromatic rings. The van der Waals surface area contributed by atoms with Crippen molar-refractivity contribution < 1.29 is 23.9 Å². The average Bonchev–Trinajstić information content (AvgIpc) is 3.18. The Morgan fingerprint density at radius 2 is 1.91 bits per heavy atom. The summed E-state index contributed by atoms with van der Waals surface area (Å²) in [4.78, 5) is 52.4. The summed E-state index contributed by atoms with van der Waals surface area (Å²) in [5.41, 5.74) is 4.26. The number of rotatable bonds is 3. The molecule has 4 N–H and O–H groups in total. The molecule has 4 rings (SSSR count). The number of allylic oxidation sites excluding steroid dienone is 1. The molecule has 0 spiro atoms. The number of ether oxygens (including phenoxy) is 1. The van der Waals surface area contributed by atoms with Crippen molar-refractivity contribution in [3.05, 3.63) is 12.2 Å². The molecule has 9 heteroatoms. The Labute approximate surface area is 188 Å². The van der Waals surface area contributed by atoms with Crippen LogP contribution in [0.25, 0.3) is 0 Å². The van der Waals surface area contributed by atoms with Crippen LogP contribution in [0.3, 0.4) is 0 Å². The summed E-state index contributed by atoms with van der Waals surface area (Å²) in [5, 5.41) is 6.10. The van der Waals surface area contributed by atoms with Gasteiger partial charge in [-0.15, -0.1) is 0 Å². The fraction of sp³-hybridized carbons (Fsp3) is 0.739. The molecule has 0 aromatic carbocycles. The summed E-state index contributed by atoms with van der Waals surface area (Å²) in [7, 11) is 0. The normalized spacial score (nSPS) is 34.6. The first kappa shape index (κ1) is 22.6. The third-order valence-corrected chi connectivity index (χ3v) is 7.28. The Morgan fingerprint density at radius 1 is 1.09 bits per heavy atom. The van der Waals surface area contributed by atoms with Crippen LogP contribution in [0, 0.1) is 5.92 Å². The Hall–Kier alpha value is -2.58. The first-order valence-corrected chi connectivity index (χ1v) is 12.0. The third kappa shape index (κ3) is 4.76. The number of hydrogen-bond donors (Lipinski definition) is 3. The Kier molecular flexibility index (Phi) is 6.71. The summed E-state index contributed by atoms with van der Waals surface area (Å²) in [5.74, 6) is -0.855. The molecule has 2 aliphatic carbocycles. The number of amides is 4. The van der Waals surface area contributed by atoms with Gasteiger partial charge in [0.15, 0.2) is 6.10 Å². The molecule has 0 radical (unpaired) electrons. The van der Waals surface area contributed by atoms with E-state index in [1.807, 2.05) is 0 Å². The number of hydrogen-bond acceptors (Lipinski definition) is 5. The molecule has 9 nitrogen and oxygen atoms in total. The van der Waals surface area contributed by atoms with Gasteiger partial charge in [-0.2, -0.15) is 0 Å². The SMILES string of the molecule is NC(=O)OC1CCCCC/C=C/C2CC2(C(=O)NC2CCC2)NC(=O)C2CCCN2C1=O. The van der Waals surface area contributed by atoms with Crippen molar-refractivity contribution in [3.63, 3.8) is 0 Å². The number of nitrogens with two attached hydrogens (primary N) is 1. The van der Waals surface area contributed by atoms with E-state index in [-0.39, 0.29) is 29.7 Å². The van der Waals surface area contributed by atoms with Crippen LogP contribution in [-0.4, -0.2) is 59.0 Å². The molecule has 32 heavy (non-hydrogen) atoms. The van der Waals surface area contributed by atoms with Gasteiger partial charge in [0, 0.05) is 18.5 Å².